The van der Waals surface area contributed by atoms with E-state index < -0.39 is 10.8 Å². The second-order valence-electron chi connectivity index (χ2n) is 4.27. The maximum atomic E-state index is 12.4. The average molecular weight is 285 g/mol. The second kappa shape index (κ2) is 9.07. The van der Waals surface area contributed by atoms with Gasteiger partial charge in [-0.2, -0.15) is 0 Å². The van der Waals surface area contributed by atoms with E-state index >= 15 is 0 Å². The number of methoxy groups -OCH3 is 2. The van der Waals surface area contributed by atoms with Gasteiger partial charge in [0.05, 0.1) is 29.4 Å². The lowest BCUT2D eigenvalue weighted by Gasteiger charge is -2.17. The molecular formula is C14H23NO3S. The third-order valence-electron chi connectivity index (χ3n) is 2.72. The predicted molar refractivity (Wildman–Crippen MR) is 78.2 cm³/mol. The highest BCUT2D eigenvalue weighted by atomic mass is 32.2. The molecule has 1 N–H and O–H groups in total. The first kappa shape index (κ1) is 16.1. The maximum Gasteiger partial charge on any atom is 0.134 e. The third-order valence-corrected chi connectivity index (χ3v) is 4.25. The SMILES string of the molecule is CCCNC(COC)CS(=O)c1ccccc1OC. The Morgan fingerprint density at radius 1 is 1.32 bits per heavy atom. The Balaban J connectivity index is 2.69. The summed E-state index contributed by atoms with van der Waals surface area (Å²) < 4.78 is 22.8. The Morgan fingerprint density at radius 3 is 2.68 bits per heavy atom. The molecule has 0 aliphatic heterocycles. The van der Waals surface area contributed by atoms with Crippen LogP contribution in [-0.2, 0) is 15.5 Å². The van der Waals surface area contributed by atoms with Gasteiger partial charge in [0.2, 0.25) is 0 Å². The van der Waals surface area contributed by atoms with E-state index in [4.69, 9.17) is 9.47 Å². The summed E-state index contributed by atoms with van der Waals surface area (Å²) in [6.07, 6.45) is 1.04. The van der Waals surface area contributed by atoms with Crippen LogP contribution < -0.4 is 10.1 Å². The van der Waals surface area contributed by atoms with Gasteiger partial charge in [-0.25, -0.2) is 0 Å². The predicted octanol–water partition coefficient (Wildman–Crippen LogP) is 1.82. The molecule has 0 saturated heterocycles. The van der Waals surface area contributed by atoms with E-state index in [1.54, 1.807) is 14.2 Å². The Kier molecular flexibility index (Phi) is 7.70. The molecule has 1 rings (SSSR count). The van der Waals surface area contributed by atoms with Crippen LogP contribution >= 0.6 is 0 Å². The molecule has 5 heteroatoms. The van der Waals surface area contributed by atoms with E-state index in [-0.39, 0.29) is 6.04 Å². The van der Waals surface area contributed by atoms with Crippen molar-refractivity contribution < 1.29 is 13.7 Å². The van der Waals surface area contributed by atoms with Gasteiger partial charge in [0.15, 0.2) is 0 Å². The van der Waals surface area contributed by atoms with Gasteiger partial charge in [-0.15, -0.1) is 0 Å². The monoisotopic (exact) mass is 285 g/mol. The van der Waals surface area contributed by atoms with Crippen LogP contribution in [0.4, 0.5) is 0 Å². The molecule has 19 heavy (non-hydrogen) atoms. The van der Waals surface area contributed by atoms with Crippen LogP contribution in [0.25, 0.3) is 0 Å². The molecule has 4 nitrogen and oxygen atoms in total. The zero-order valence-corrected chi connectivity index (χ0v) is 12.7. The van der Waals surface area contributed by atoms with Gasteiger partial charge in [-0.3, -0.25) is 4.21 Å². The van der Waals surface area contributed by atoms with Crippen LogP contribution in [0.3, 0.4) is 0 Å². The van der Waals surface area contributed by atoms with Gasteiger partial charge in [0, 0.05) is 18.9 Å². The zero-order valence-electron chi connectivity index (χ0n) is 11.8. The standard InChI is InChI=1S/C14H23NO3S/c1-4-9-15-12(10-17-2)11-19(16)14-8-6-5-7-13(14)18-3/h5-8,12,15H,4,9-11H2,1-3H3. The molecule has 0 amide bonds. The summed E-state index contributed by atoms with van der Waals surface area (Å²) in [5.41, 5.74) is 0. The largest absolute Gasteiger partial charge is 0.495 e. The molecule has 2 unspecified atom stereocenters. The van der Waals surface area contributed by atoms with Crippen LogP contribution in [0.2, 0.25) is 0 Å². The molecular weight excluding hydrogens is 262 g/mol. The van der Waals surface area contributed by atoms with Crippen LogP contribution in [0.15, 0.2) is 29.2 Å². The normalized spacial score (nSPS) is 14.1. The minimum atomic E-state index is -1.10. The van der Waals surface area contributed by atoms with Crippen molar-refractivity contribution in [1.29, 1.82) is 0 Å². The van der Waals surface area contributed by atoms with Gasteiger partial charge >= 0.3 is 0 Å². The van der Waals surface area contributed by atoms with Crippen LogP contribution in [0.1, 0.15) is 13.3 Å². The van der Waals surface area contributed by atoms with Gasteiger partial charge in [-0.05, 0) is 25.1 Å². The van der Waals surface area contributed by atoms with E-state index in [0.717, 1.165) is 17.9 Å². The number of ether oxygens (including phenoxy) is 2. The molecule has 0 aromatic heterocycles. The summed E-state index contributed by atoms with van der Waals surface area (Å²) in [6, 6.07) is 7.52. The van der Waals surface area contributed by atoms with E-state index in [1.165, 1.54) is 0 Å². The van der Waals surface area contributed by atoms with E-state index in [2.05, 4.69) is 12.2 Å². The molecule has 1 aromatic rings. The molecule has 0 fully saturated rings. The van der Waals surface area contributed by atoms with Gasteiger partial charge in [0.25, 0.3) is 0 Å². The molecule has 0 bridgehead atoms. The maximum absolute atomic E-state index is 12.4. The summed E-state index contributed by atoms with van der Waals surface area (Å²) >= 11 is 0. The Bertz CT molecular complexity index is 398. The molecule has 0 aliphatic rings. The summed E-state index contributed by atoms with van der Waals surface area (Å²) in [5, 5.41) is 3.35. The van der Waals surface area contributed by atoms with Crippen LogP contribution in [-0.4, -0.2) is 43.4 Å². The van der Waals surface area contributed by atoms with Crippen molar-refractivity contribution in [2.45, 2.75) is 24.3 Å². The lowest BCUT2D eigenvalue weighted by Crippen LogP contribution is -2.38. The highest BCUT2D eigenvalue weighted by Gasteiger charge is 2.16. The number of para-hydroxylation sites is 1. The fourth-order valence-electron chi connectivity index (χ4n) is 1.80. The number of rotatable bonds is 9. The molecule has 0 heterocycles. The topological polar surface area (TPSA) is 47.6 Å². The quantitative estimate of drug-likeness (QED) is 0.752. The third kappa shape index (κ3) is 5.30. The summed E-state index contributed by atoms with van der Waals surface area (Å²) in [5.74, 6) is 1.20. The lowest BCUT2D eigenvalue weighted by atomic mass is 10.3. The molecule has 0 spiro atoms. The van der Waals surface area contributed by atoms with Gasteiger partial charge < -0.3 is 14.8 Å². The first-order valence-corrected chi connectivity index (χ1v) is 7.78. The highest BCUT2D eigenvalue weighted by Crippen LogP contribution is 2.21. The fraction of sp³-hybridized carbons (Fsp3) is 0.571. The van der Waals surface area contributed by atoms with E-state index in [0.29, 0.717) is 18.1 Å². The Labute approximate surface area is 118 Å². The van der Waals surface area contributed by atoms with E-state index in [9.17, 15) is 4.21 Å². The summed E-state index contributed by atoms with van der Waals surface area (Å²) in [7, 11) is 2.16. The number of nitrogens with one attached hydrogen (secondary N) is 1. The molecule has 0 radical (unpaired) electrons. The van der Waals surface area contributed by atoms with Crippen LogP contribution in [0, 0.1) is 0 Å². The number of benzene rings is 1. The minimum Gasteiger partial charge on any atom is -0.495 e. The van der Waals surface area contributed by atoms with Gasteiger partial charge in [0.1, 0.15) is 5.75 Å². The average Bonchev–Trinajstić information content (AvgIpc) is 2.44. The van der Waals surface area contributed by atoms with Crippen molar-refractivity contribution in [3.05, 3.63) is 24.3 Å². The molecule has 0 saturated carbocycles. The first-order chi connectivity index (χ1) is 9.22. The Morgan fingerprint density at radius 2 is 2.05 bits per heavy atom. The minimum absolute atomic E-state index is 0.0932. The van der Waals surface area contributed by atoms with Crippen molar-refractivity contribution in [3.63, 3.8) is 0 Å². The summed E-state index contributed by atoms with van der Waals surface area (Å²) in [4.78, 5) is 0.740. The number of hydrogen-bond acceptors (Lipinski definition) is 4. The van der Waals surface area contributed by atoms with Crippen molar-refractivity contribution >= 4 is 10.8 Å². The molecule has 1 aromatic carbocycles. The molecule has 0 aliphatic carbocycles. The molecule has 108 valence electrons. The van der Waals surface area contributed by atoms with Crippen molar-refractivity contribution in [1.82, 2.24) is 5.32 Å². The summed E-state index contributed by atoms with van der Waals surface area (Å²) in [6.45, 7) is 3.56. The molecule has 2 atom stereocenters. The van der Waals surface area contributed by atoms with Crippen LogP contribution in [0.5, 0.6) is 5.75 Å². The van der Waals surface area contributed by atoms with Crippen molar-refractivity contribution in [3.8, 4) is 5.75 Å². The van der Waals surface area contributed by atoms with Gasteiger partial charge in [-0.1, -0.05) is 19.1 Å². The number of hydrogen-bond donors (Lipinski definition) is 1. The Hall–Kier alpha value is -0.910. The van der Waals surface area contributed by atoms with Crippen molar-refractivity contribution in [2.75, 3.05) is 33.1 Å². The zero-order chi connectivity index (χ0) is 14.1. The first-order valence-electron chi connectivity index (χ1n) is 6.46. The lowest BCUT2D eigenvalue weighted by molar-refractivity contribution is 0.173. The van der Waals surface area contributed by atoms with E-state index in [1.807, 2.05) is 24.3 Å². The fourth-order valence-corrected chi connectivity index (χ4v) is 3.16. The van der Waals surface area contributed by atoms with Crippen molar-refractivity contribution in [2.24, 2.45) is 0 Å². The highest BCUT2D eigenvalue weighted by molar-refractivity contribution is 7.85. The smallest absolute Gasteiger partial charge is 0.134 e. The second-order valence-corrected chi connectivity index (χ2v) is 5.73.